The van der Waals surface area contributed by atoms with Gasteiger partial charge in [-0.2, -0.15) is 0 Å². The molecule has 0 saturated carbocycles. The lowest BCUT2D eigenvalue weighted by atomic mass is 9.94. The molecule has 0 aliphatic carbocycles. The second-order valence-electron chi connectivity index (χ2n) is 5.93. The molecule has 0 aromatic heterocycles. The first kappa shape index (κ1) is 15.4. The Kier molecular flexibility index (Phi) is 6.09. The third-order valence-corrected chi connectivity index (χ3v) is 3.87. The summed E-state index contributed by atoms with van der Waals surface area (Å²) in [5.41, 5.74) is 5.84. The molecule has 0 aromatic carbocycles. The molecule has 0 radical (unpaired) electrons. The monoisotopic (exact) mass is 255 g/mol. The van der Waals surface area contributed by atoms with Crippen molar-refractivity contribution in [2.24, 2.45) is 11.7 Å². The summed E-state index contributed by atoms with van der Waals surface area (Å²) in [4.78, 5) is 14.5. The van der Waals surface area contributed by atoms with Gasteiger partial charge in [0.15, 0.2) is 0 Å². The molecule has 1 aliphatic heterocycles. The predicted octanol–water partition coefficient (Wildman–Crippen LogP) is 1.35. The van der Waals surface area contributed by atoms with E-state index in [2.05, 4.69) is 31.0 Å². The molecule has 3 atom stereocenters. The van der Waals surface area contributed by atoms with Gasteiger partial charge in [-0.1, -0.05) is 20.3 Å². The average molecular weight is 255 g/mol. The summed E-state index contributed by atoms with van der Waals surface area (Å²) in [6.45, 7) is 9.81. The van der Waals surface area contributed by atoms with E-state index in [0.717, 1.165) is 19.4 Å². The number of nitrogens with zero attached hydrogens (tertiary/aromatic N) is 1. The number of rotatable bonds is 5. The lowest BCUT2D eigenvalue weighted by molar-refractivity contribution is -0.128. The van der Waals surface area contributed by atoms with Crippen molar-refractivity contribution >= 4 is 5.91 Å². The lowest BCUT2D eigenvalue weighted by Crippen LogP contribution is -2.57. The number of amides is 1. The zero-order valence-electron chi connectivity index (χ0n) is 12.3. The molecule has 1 amide bonds. The molecule has 4 heteroatoms. The highest BCUT2D eigenvalue weighted by molar-refractivity contribution is 5.81. The van der Waals surface area contributed by atoms with E-state index in [1.807, 2.05) is 6.92 Å². The molecule has 1 heterocycles. The molecule has 0 spiro atoms. The van der Waals surface area contributed by atoms with E-state index in [-0.39, 0.29) is 11.9 Å². The Morgan fingerprint density at radius 1 is 1.39 bits per heavy atom. The molecule has 0 bridgehead atoms. The molecule has 1 fully saturated rings. The number of hydrogen-bond donors (Lipinski definition) is 2. The maximum atomic E-state index is 12.2. The molecular weight excluding hydrogens is 226 g/mol. The summed E-state index contributed by atoms with van der Waals surface area (Å²) in [5, 5.41) is 3.02. The van der Waals surface area contributed by atoms with Gasteiger partial charge in [0.1, 0.15) is 0 Å². The Morgan fingerprint density at radius 3 is 2.61 bits per heavy atom. The molecule has 4 nitrogen and oxygen atoms in total. The first-order valence-corrected chi connectivity index (χ1v) is 7.22. The van der Waals surface area contributed by atoms with Crippen LogP contribution in [0.3, 0.4) is 0 Å². The van der Waals surface area contributed by atoms with Gasteiger partial charge in [-0.25, -0.2) is 0 Å². The van der Waals surface area contributed by atoms with Crippen LogP contribution in [-0.2, 0) is 4.79 Å². The molecule has 106 valence electrons. The second kappa shape index (κ2) is 7.10. The number of carbonyl (C=O) groups is 1. The van der Waals surface area contributed by atoms with Crippen LogP contribution in [0.2, 0.25) is 0 Å². The van der Waals surface area contributed by atoms with Gasteiger partial charge in [0, 0.05) is 25.2 Å². The SMILES string of the molecule is CC(C)CNC(=O)C(C)N1C(C)CCCC1CN. The summed E-state index contributed by atoms with van der Waals surface area (Å²) in [6.07, 6.45) is 3.50. The Labute approximate surface area is 111 Å². The summed E-state index contributed by atoms with van der Waals surface area (Å²) in [5.74, 6) is 0.626. The van der Waals surface area contributed by atoms with Crippen molar-refractivity contribution in [1.29, 1.82) is 0 Å². The van der Waals surface area contributed by atoms with Crippen LogP contribution in [-0.4, -0.2) is 42.0 Å². The van der Waals surface area contributed by atoms with E-state index in [1.54, 1.807) is 0 Å². The molecular formula is C14H29N3O. The highest BCUT2D eigenvalue weighted by Gasteiger charge is 2.33. The van der Waals surface area contributed by atoms with Gasteiger partial charge in [-0.15, -0.1) is 0 Å². The molecule has 0 aromatic rings. The normalized spacial score (nSPS) is 27.2. The Morgan fingerprint density at radius 2 is 2.06 bits per heavy atom. The minimum absolute atomic E-state index is 0.0763. The molecule has 1 aliphatic rings. The second-order valence-corrected chi connectivity index (χ2v) is 5.93. The highest BCUT2D eigenvalue weighted by Crippen LogP contribution is 2.24. The van der Waals surface area contributed by atoms with E-state index in [9.17, 15) is 4.79 Å². The van der Waals surface area contributed by atoms with Crippen molar-refractivity contribution in [3.63, 3.8) is 0 Å². The minimum Gasteiger partial charge on any atom is -0.354 e. The van der Waals surface area contributed by atoms with Crippen molar-refractivity contribution in [2.45, 2.75) is 65.1 Å². The quantitative estimate of drug-likeness (QED) is 0.779. The van der Waals surface area contributed by atoms with Crippen LogP contribution < -0.4 is 11.1 Å². The third-order valence-electron chi connectivity index (χ3n) is 3.87. The fourth-order valence-corrected chi connectivity index (χ4v) is 2.83. The Bertz CT molecular complexity index is 268. The van der Waals surface area contributed by atoms with Gasteiger partial charge < -0.3 is 11.1 Å². The fraction of sp³-hybridized carbons (Fsp3) is 0.929. The van der Waals surface area contributed by atoms with Gasteiger partial charge in [-0.3, -0.25) is 9.69 Å². The lowest BCUT2D eigenvalue weighted by Gasteiger charge is -2.43. The van der Waals surface area contributed by atoms with Gasteiger partial charge in [0.05, 0.1) is 6.04 Å². The van der Waals surface area contributed by atoms with Crippen molar-refractivity contribution < 1.29 is 4.79 Å². The van der Waals surface area contributed by atoms with Crippen LogP contribution in [0, 0.1) is 5.92 Å². The van der Waals surface area contributed by atoms with E-state index >= 15 is 0 Å². The van der Waals surface area contributed by atoms with E-state index in [4.69, 9.17) is 5.73 Å². The number of carbonyl (C=O) groups excluding carboxylic acids is 1. The zero-order valence-corrected chi connectivity index (χ0v) is 12.3. The van der Waals surface area contributed by atoms with Crippen LogP contribution in [0.4, 0.5) is 0 Å². The highest BCUT2D eigenvalue weighted by atomic mass is 16.2. The molecule has 3 unspecified atom stereocenters. The van der Waals surface area contributed by atoms with Crippen LogP contribution >= 0.6 is 0 Å². The number of piperidine rings is 1. The minimum atomic E-state index is -0.0763. The smallest absolute Gasteiger partial charge is 0.237 e. The number of nitrogens with two attached hydrogens (primary N) is 1. The zero-order chi connectivity index (χ0) is 13.7. The largest absolute Gasteiger partial charge is 0.354 e. The van der Waals surface area contributed by atoms with Gasteiger partial charge in [0.25, 0.3) is 0 Å². The number of hydrogen-bond acceptors (Lipinski definition) is 3. The summed E-state index contributed by atoms with van der Waals surface area (Å²) < 4.78 is 0. The standard InChI is InChI=1S/C14H29N3O/c1-10(2)9-16-14(18)12(4)17-11(3)6-5-7-13(17)8-15/h10-13H,5-9,15H2,1-4H3,(H,16,18). The molecule has 18 heavy (non-hydrogen) atoms. The summed E-state index contributed by atoms with van der Waals surface area (Å²) >= 11 is 0. The Balaban J connectivity index is 2.61. The first-order valence-electron chi connectivity index (χ1n) is 7.22. The first-order chi connectivity index (χ1) is 8.47. The van der Waals surface area contributed by atoms with Crippen molar-refractivity contribution in [3.8, 4) is 0 Å². The number of likely N-dealkylation sites (tertiary alicyclic amines) is 1. The van der Waals surface area contributed by atoms with Gasteiger partial charge in [-0.05, 0) is 32.6 Å². The maximum Gasteiger partial charge on any atom is 0.237 e. The number of nitrogens with one attached hydrogen (secondary N) is 1. The molecule has 3 N–H and O–H groups in total. The van der Waals surface area contributed by atoms with Crippen LogP contribution in [0.5, 0.6) is 0 Å². The van der Waals surface area contributed by atoms with Crippen LogP contribution in [0.25, 0.3) is 0 Å². The van der Waals surface area contributed by atoms with Gasteiger partial charge >= 0.3 is 0 Å². The topological polar surface area (TPSA) is 58.4 Å². The van der Waals surface area contributed by atoms with Crippen LogP contribution in [0.1, 0.15) is 47.0 Å². The third kappa shape index (κ3) is 3.95. The van der Waals surface area contributed by atoms with E-state index in [0.29, 0.717) is 24.5 Å². The average Bonchev–Trinajstić information content (AvgIpc) is 2.34. The van der Waals surface area contributed by atoms with E-state index in [1.165, 1.54) is 6.42 Å². The van der Waals surface area contributed by atoms with Crippen LogP contribution in [0.15, 0.2) is 0 Å². The predicted molar refractivity (Wildman–Crippen MR) is 75.3 cm³/mol. The van der Waals surface area contributed by atoms with Crippen molar-refractivity contribution in [1.82, 2.24) is 10.2 Å². The molecule has 1 saturated heterocycles. The Hall–Kier alpha value is -0.610. The maximum absolute atomic E-state index is 12.2. The van der Waals surface area contributed by atoms with E-state index < -0.39 is 0 Å². The van der Waals surface area contributed by atoms with Crippen molar-refractivity contribution in [3.05, 3.63) is 0 Å². The summed E-state index contributed by atoms with van der Waals surface area (Å²) in [6, 6.07) is 0.730. The van der Waals surface area contributed by atoms with Gasteiger partial charge in [0.2, 0.25) is 5.91 Å². The van der Waals surface area contributed by atoms with Crippen molar-refractivity contribution in [2.75, 3.05) is 13.1 Å². The molecule has 1 rings (SSSR count). The fourth-order valence-electron chi connectivity index (χ4n) is 2.83. The summed E-state index contributed by atoms with van der Waals surface area (Å²) in [7, 11) is 0.